The number of aryl methyl sites for hydroxylation is 1. The first-order valence-electron chi connectivity index (χ1n) is 5.55. The average molecular weight is 241 g/mol. The second kappa shape index (κ2) is 5.96. The van der Waals surface area contributed by atoms with Crippen LogP contribution in [0.3, 0.4) is 0 Å². The van der Waals surface area contributed by atoms with Crippen LogP contribution in [-0.2, 0) is 11.2 Å². The van der Waals surface area contributed by atoms with Crippen molar-refractivity contribution in [2.24, 2.45) is 11.7 Å². The van der Waals surface area contributed by atoms with Crippen LogP contribution >= 0.6 is 11.3 Å². The van der Waals surface area contributed by atoms with E-state index < -0.39 is 6.04 Å². The average Bonchev–Trinajstić information content (AvgIpc) is 2.65. The summed E-state index contributed by atoms with van der Waals surface area (Å²) in [6.07, 6.45) is 3.90. The zero-order chi connectivity index (χ0) is 12.1. The van der Waals surface area contributed by atoms with E-state index in [1.165, 1.54) is 16.2 Å². The van der Waals surface area contributed by atoms with Gasteiger partial charge in [0.05, 0.1) is 6.04 Å². The van der Waals surface area contributed by atoms with Gasteiger partial charge in [0.1, 0.15) is 0 Å². The summed E-state index contributed by atoms with van der Waals surface area (Å²) in [4.78, 5) is 17.0. The highest BCUT2D eigenvalue weighted by Gasteiger charge is 2.18. The van der Waals surface area contributed by atoms with Gasteiger partial charge in [-0.2, -0.15) is 0 Å². The van der Waals surface area contributed by atoms with Gasteiger partial charge in [0, 0.05) is 11.1 Å². The van der Waals surface area contributed by atoms with Crippen LogP contribution in [0.25, 0.3) is 0 Å². The molecule has 5 heteroatoms. The zero-order valence-corrected chi connectivity index (χ0v) is 10.8. The maximum Gasteiger partial charge on any atom is 0.243 e. The number of amides is 1. The normalized spacial score (nSPS) is 12.8. The minimum Gasteiger partial charge on any atom is -0.320 e. The van der Waals surface area contributed by atoms with Crippen LogP contribution in [-0.4, -0.2) is 16.9 Å². The molecule has 1 heterocycles. The van der Waals surface area contributed by atoms with Crippen LogP contribution in [0, 0.1) is 5.92 Å². The van der Waals surface area contributed by atoms with Gasteiger partial charge in [-0.1, -0.05) is 27.2 Å². The van der Waals surface area contributed by atoms with Crippen LogP contribution in [0.2, 0.25) is 0 Å². The highest BCUT2D eigenvalue weighted by Crippen LogP contribution is 2.19. The molecule has 0 saturated heterocycles. The summed E-state index contributed by atoms with van der Waals surface area (Å²) in [7, 11) is 0. The number of thiazole rings is 1. The van der Waals surface area contributed by atoms with E-state index in [4.69, 9.17) is 5.73 Å². The van der Waals surface area contributed by atoms with Gasteiger partial charge in [0.25, 0.3) is 0 Å². The van der Waals surface area contributed by atoms with Crippen molar-refractivity contribution in [3.63, 3.8) is 0 Å². The van der Waals surface area contributed by atoms with Gasteiger partial charge in [0.15, 0.2) is 5.13 Å². The molecule has 0 spiro atoms. The maximum atomic E-state index is 11.7. The highest BCUT2D eigenvalue weighted by atomic mass is 32.1. The third-order valence-electron chi connectivity index (χ3n) is 2.30. The molecule has 0 aliphatic carbocycles. The Hall–Kier alpha value is -0.940. The van der Waals surface area contributed by atoms with Crippen molar-refractivity contribution in [1.82, 2.24) is 4.98 Å². The van der Waals surface area contributed by atoms with Gasteiger partial charge >= 0.3 is 0 Å². The third-order valence-corrected chi connectivity index (χ3v) is 3.27. The molecule has 4 nitrogen and oxygen atoms in total. The topological polar surface area (TPSA) is 68.0 Å². The van der Waals surface area contributed by atoms with Crippen molar-refractivity contribution in [2.75, 3.05) is 5.32 Å². The Bertz CT molecular complexity index is 349. The van der Waals surface area contributed by atoms with Crippen LogP contribution in [0.15, 0.2) is 6.20 Å². The van der Waals surface area contributed by atoms with Crippen LogP contribution in [0.1, 0.15) is 32.1 Å². The van der Waals surface area contributed by atoms with E-state index in [1.807, 2.05) is 20.0 Å². The molecule has 1 aromatic rings. The van der Waals surface area contributed by atoms with Gasteiger partial charge in [-0.25, -0.2) is 4.98 Å². The molecule has 1 amide bonds. The summed E-state index contributed by atoms with van der Waals surface area (Å²) in [5.41, 5.74) is 5.74. The van der Waals surface area contributed by atoms with Gasteiger partial charge in [-0.05, 0) is 12.3 Å². The minimum atomic E-state index is -0.474. The Morgan fingerprint density at radius 2 is 2.31 bits per heavy atom. The number of aromatic nitrogens is 1. The Kier molecular flexibility index (Phi) is 4.89. The van der Waals surface area contributed by atoms with Crippen molar-refractivity contribution in [2.45, 2.75) is 39.7 Å². The second-order valence-corrected chi connectivity index (χ2v) is 5.26. The molecule has 90 valence electrons. The van der Waals surface area contributed by atoms with Crippen LogP contribution in [0.5, 0.6) is 0 Å². The number of nitrogens with two attached hydrogens (primary N) is 1. The lowest BCUT2D eigenvalue weighted by Crippen LogP contribution is -2.39. The number of carbonyl (C=O) groups is 1. The largest absolute Gasteiger partial charge is 0.320 e. The Labute approximate surface area is 100 Å². The van der Waals surface area contributed by atoms with E-state index in [0.717, 1.165) is 12.8 Å². The third kappa shape index (κ3) is 3.57. The quantitative estimate of drug-likeness (QED) is 0.828. The molecule has 3 N–H and O–H groups in total. The van der Waals surface area contributed by atoms with Gasteiger partial charge in [-0.15, -0.1) is 11.3 Å². The van der Waals surface area contributed by atoms with Crippen LogP contribution < -0.4 is 11.1 Å². The maximum absolute atomic E-state index is 11.7. The summed E-state index contributed by atoms with van der Waals surface area (Å²) >= 11 is 1.52. The van der Waals surface area contributed by atoms with Gasteiger partial charge in [-0.3, -0.25) is 4.79 Å². The van der Waals surface area contributed by atoms with E-state index >= 15 is 0 Å². The van der Waals surface area contributed by atoms with Crippen molar-refractivity contribution in [3.05, 3.63) is 11.1 Å². The summed E-state index contributed by atoms with van der Waals surface area (Å²) in [6, 6.07) is -0.474. The highest BCUT2D eigenvalue weighted by molar-refractivity contribution is 7.15. The molecule has 0 fully saturated rings. The van der Waals surface area contributed by atoms with E-state index in [0.29, 0.717) is 5.13 Å². The lowest BCUT2D eigenvalue weighted by Gasteiger charge is -2.13. The lowest BCUT2D eigenvalue weighted by atomic mass is 10.1. The Morgan fingerprint density at radius 3 is 2.88 bits per heavy atom. The Balaban J connectivity index is 2.56. The smallest absolute Gasteiger partial charge is 0.243 e. The van der Waals surface area contributed by atoms with Crippen LogP contribution in [0.4, 0.5) is 5.13 Å². The first-order valence-corrected chi connectivity index (χ1v) is 6.37. The number of carbonyl (C=O) groups excluding carboxylic acids is 1. The fraction of sp³-hybridized carbons (Fsp3) is 0.636. The van der Waals surface area contributed by atoms with E-state index in [1.54, 1.807) is 0 Å². The molecular weight excluding hydrogens is 222 g/mol. The zero-order valence-electron chi connectivity index (χ0n) is 9.99. The Morgan fingerprint density at radius 1 is 1.62 bits per heavy atom. The standard InChI is InChI=1S/C11H19N3OS/c1-4-5-8-6-13-11(16-8)14-10(15)9(12)7(2)3/h6-7,9H,4-5,12H2,1-3H3,(H,13,14,15)/t9-/m0/s1. The SMILES string of the molecule is CCCc1cnc(NC(=O)[C@@H](N)C(C)C)s1. The molecule has 0 aliphatic heterocycles. The van der Waals surface area contributed by atoms with Gasteiger partial charge < -0.3 is 11.1 Å². The predicted octanol–water partition coefficient (Wildman–Crippen LogP) is 2.02. The predicted molar refractivity (Wildman–Crippen MR) is 67.6 cm³/mol. The lowest BCUT2D eigenvalue weighted by molar-refractivity contribution is -0.118. The van der Waals surface area contributed by atoms with Crippen molar-refractivity contribution in [1.29, 1.82) is 0 Å². The number of hydrogen-bond donors (Lipinski definition) is 2. The molecular formula is C11H19N3OS. The molecule has 0 aromatic carbocycles. The van der Waals surface area contributed by atoms with Crippen molar-refractivity contribution >= 4 is 22.4 Å². The molecule has 0 bridgehead atoms. The van der Waals surface area contributed by atoms with E-state index in [9.17, 15) is 4.79 Å². The molecule has 1 rings (SSSR count). The van der Waals surface area contributed by atoms with Crippen molar-refractivity contribution in [3.8, 4) is 0 Å². The molecule has 1 aromatic heterocycles. The molecule has 16 heavy (non-hydrogen) atoms. The van der Waals surface area contributed by atoms with Gasteiger partial charge in [0.2, 0.25) is 5.91 Å². The number of anilines is 1. The number of nitrogens with zero attached hydrogens (tertiary/aromatic N) is 1. The summed E-state index contributed by atoms with van der Waals surface area (Å²) in [5.74, 6) is -0.0255. The first kappa shape index (κ1) is 13.1. The van der Waals surface area contributed by atoms with E-state index in [-0.39, 0.29) is 11.8 Å². The van der Waals surface area contributed by atoms with Crippen molar-refractivity contribution < 1.29 is 4.79 Å². The molecule has 0 aliphatic rings. The summed E-state index contributed by atoms with van der Waals surface area (Å²) < 4.78 is 0. The minimum absolute atomic E-state index is 0.134. The molecule has 0 saturated carbocycles. The number of hydrogen-bond acceptors (Lipinski definition) is 4. The number of rotatable bonds is 5. The molecule has 1 atom stereocenters. The molecule has 0 radical (unpaired) electrons. The summed E-state index contributed by atoms with van der Waals surface area (Å²) in [6.45, 7) is 5.97. The second-order valence-electron chi connectivity index (χ2n) is 4.14. The molecule has 0 unspecified atom stereocenters. The fourth-order valence-electron chi connectivity index (χ4n) is 1.22. The fourth-order valence-corrected chi connectivity index (χ4v) is 2.14. The monoisotopic (exact) mass is 241 g/mol. The van der Waals surface area contributed by atoms with E-state index in [2.05, 4.69) is 17.2 Å². The summed E-state index contributed by atoms with van der Waals surface area (Å²) in [5, 5.41) is 3.39. The number of nitrogens with one attached hydrogen (secondary N) is 1. The first-order chi connectivity index (χ1) is 7.54.